The number of hydrazine groups is 1. The predicted octanol–water partition coefficient (Wildman–Crippen LogP) is 5.55. The SMILES string of the molecule is CCO.CCOC(=O)CC(=O)C(F)(F)F.CCOc1cc(C)nn1-c1ccc(Br)cc1CO.Cl.NNc1ccc(Br)cc1CO. The quantitative estimate of drug-likeness (QED) is 0.0802. The number of esters is 1. The summed E-state index contributed by atoms with van der Waals surface area (Å²) in [5.41, 5.74) is 6.53. The van der Waals surface area contributed by atoms with Gasteiger partial charge in [0.15, 0.2) is 0 Å². The van der Waals surface area contributed by atoms with Crippen LogP contribution in [0.25, 0.3) is 5.69 Å². The summed E-state index contributed by atoms with van der Waals surface area (Å²) in [6.07, 6.45) is -6.19. The van der Waals surface area contributed by atoms with Crippen molar-refractivity contribution in [2.45, 2.75) is 53.5 Å². The molecule has 0 bridgehead atoms. The average Bonchev–Trinajstić information content (AvgIpc) is 3.33. The van der Waals surface area contributed by atoms with Crippen molar-refractivity contribution < 1.29 is 47.6 Å². The zero-order chi connectivity index (χ0) is 33.9. The number of hydrogen-bond acceptors (Lipinski definition) is 10. The number of aryl methyl sites for hydroxylation is 1. The first-order valence-electron chi connectivity index (χ1n) is 13.0. The zero-order valence-corrected chi connectivity index (χ0v) is 29.0. The van der Waals surface area contributed by atoms with Gasteiger partial charge < -0.3 is 30.2 Å². The molecule has 0 amide bonds. The summed E-state index contributed by atoms with van der Waals surface area (Å²) in [7, 11) is 0. The number of rotatable bonds is 9. The van der Waals surface area contributed by atoms with Crippen molar-refractivity contribution in [2.24, 2.45) is 5.84 Å². The molecule has 0 saturated carbocycles. The van der Waals surface area contributed by atoms with Gasteiger partial charge >= 0.3 is 12.1 Å². The molecule has 6 N–H and O–H groups in total. The molecule has 1 heterocycles. The number of nitrogens with one attached hydrogen (secondary N) is 1. The van der Waals surface area contributed by atoms with Gasteiger partial charge in [0.1, 0.15) is 6.42 Å². The molecule has 11 nitrogen and oxygen atoms in total. The lowest BCUT2D eigenvalue weighted by Gasteiger charge is -2.11. The van der Waals surface area contributed by atoms with Gasteiger partial charge in [0.2, 0.25) is 11.7 Å². The van der Waals surface area contributed by atoms with E-state index in [4.69, 9.17) is 20.8 Å². The van der Waals surface area contributed by atoms with Gasteiger partial charge in [0, 0.05) is 32.7 Å². The van der Waals surface area contributed by atoms with E-state index < -0.39 is 24.3 Å². The molecule has 0 spiro atoms. The molecule has 45 heavy (non-hydrogen) atoms. The molecule has 2 aromatic carbocycles. The van der Waals surface area contributed by atoms with E-state index in [-0.39, 0.29) is 38.8 Å². The molecule has 0 aliphatic carbocycles. The Morgan fingerprint density at radius 3 is 1.96 bits per heavy atom. The Morgan fingerprint density at radius 2 is 1.49 bits per heavy atom. The number of Topliss-reactive ketones (excluding diaryl/α,β-unsaturated/α-hetero) is 1. The van der Waals surface area contributed by atoms with Crippen molar-refractivity contribution >= 4 is 61.7 Å². The number of aliphatic hydroxyl groups excluding tert-OH is 3. The van der Waals surface area contributed by atoms with Crippen LogP contribution in [0.3, 0.4) is 0 Å². The topological polar surface area (TPSA) is 169 Å². The largest absolute Gasteiger partial charge is 0.478 e. The van der Waals surface area contributed by atoms with Crippen LogP contribution in [0.1, 0.15) is 44.0 Å². The maximum atomic E-state index is 11.5. The number of ketones is 1. The number of nitrogen functional groups attached to an aromatic ring is 1. The summed E-state index contributed by atoms with van der Waals surface area (Å²) in [5.74, 6) is 2.65. The lowest BCUT2D eigenvalue weighted by molar-refractivity contribution is -0.174. The highest BCUT2D eigenvalue weighted by atomic mass is 79.9. The molecule has 0 aliphatic heterocycles. The molecule has 3 rings (SSSR count). The van der Waals surface area contributed by atoms with E-state index in [9.17, 15) is 27.9 Å². The maximum Gasteiger partial charge on any atom is 0.450 e. The van der Waals surface area contributed by atoms with Crippen molar-refractivity contribution in [3.8, 4) is 11.6 Å². The highest BCUT2D eigenvalue weighted by Crippen LogP contribution is 2.25. The number of nitrogens with two attached hydrogens (primary N) is 1. The van der Waals surface area contributed by atoms with Crippen LogP contribution in [0.2, 0.25) is 0 Å². The average molecular weight is 795 g/mol. The fourth-order valence-corrected chi connectivity index (χ4v) is 3.88. The maximum absolute atomic E-state index is 11.5. The monoisotopic (exact) mass is 792 g/mol. The van der Waals surface area contributed by atoms with Crippen molar-refractivity contribution in [1.82, 2.24) is 9.78 Å². The molecular weight excluding hydrogens is 757 g/mol. The molecule has 254 valence electrons. The standard InChI is InChI=1S/C13H15BrN2O2.C7H9BrN2O.C6H7F3O3.C2H6O.ClH/c1-3-18-13-6-9(2)15-16(13)12-5-4-11(14)7-10(12)8-17;8-6-1-2-7(10-9)5(3-6)4-11;1-2-12-5(11)3-4(10)6(7,8)9;1-2-3;/h4-7,17H,3,8H2,1-2H3;1-3,10-11H,4,9H2;2-3H2,1H3;3H,2H2,1H3;1H. The van der Waals surface area contributed by atoms with E-state index in [1.807, 2.05) is 50.2 Å². The summed E-state index contributed by atoms with van der Waals surface area (Å²) < 4.78 is 47.8. The van der Waals surface area contributed by atoms with Crippen molar-refractivity contribution in [3.05, 3.63) is 68.2 Å². The van der Waals surface area contributed by atoms with Crippen molar-refractivity contribution in [1.29, 1.82) is 0 Å². The first-order valence-corrected chi connectivity index (χ1v) is 14.6. The molecule has 0 unspecified atom stereocenters. The number of aromatic nitrogens is 2. The van der Waals surface area contributed by atoms with Gasteiger partial charge in [0.25, 0.3) is 0 Å². The first kappa shape index (κ1) is 44.4. The summed E-state index contributed by atoms with van der Waals surface area (Å²) in [4.78, 5) is 20.5. The first-order chi connectivity index (χ1) is 20.7. The summed E-state index contributed by atoms with van der Waals surface area (Å²) in [6.45, 7) is 7.70. The van der Waals surface area contributed by atoms with Gasteiger partial charge in [-0.2, -0.15) is 18.3 Å². The highest BCUT2D eigenvalue weighted by Gasteiger charge is 2.39. The van der Waals surface area contributed by atoms with Crippen LogP contribution in [0.5, 0.6) is 5.88 Å². The number of anilines is 1. The van der Waals surface area contributed by atoms with Gasteiger partial charge in [-0.05, 0) is 64.1 Å². The van der Waals surface area contributed by atoms with Gasteiger partial charge in [-0.25, -0.2) is 4.68 Å². The van der Waals surface area contributed by atoms with Crippen LogP contribution in [-0.4, -0.2) is 62.8 Å². The van der Waals surface area contributed by atoms with E-state index >= 15 is 0 Å². The smallest absolute Gasteiger partial charge is 0.450 e. The van der Waals surface area contributed by atoms with Crippen LogP contribution in [0.15, 0.2) is 51.4 Å². The third-order valence-electron chi connectivity index (χ3n) is 4.85. The van der Waals surface area contributed by atoms with Gasteiger partial charge in [-0.1, -0.05) is 31.9 Å². The van der Waals surface area contributed by atoms with E-state index in [1.165, 1.54) is 6.92 Å². The summed E-state index contributed by atoms with van der Waals surface area (Å²) >= 11 is 6.68. The van der Waals surface area contributed by atoms with Gasteiger partial charge in [-0.3, -0.25) is 15.4 Å². The Bertz CT molecular complexity index is 1320. The third-order valence-corrected chi connectivity index (χ3v) is 5.84. The number of benzene rings is 2. The highest BCUT2D eigenvalue weighted by molar-refractivity contribution is 9.10. The van der Waals surface area contributed by atoms with E-state index in [0.29, 0.717) is 12.5 Å². The molecule has 0 fully saturated rings. The fraction of sp³-hybridized carbons (Fsp3) is 0.393. The van der Waals surface area contributed by atoms with E-state index in [2.05, 4.69) is 47.1 Å². The molecular formula is C28H38Br2ClF3N4O7. The summed E-state index contributed by atoms with van der Waals surface area (Å²) in [6, 6.07) is 13.1. The van der Waals surface area contributed by atoms with Crippen molar-refractivity contribution in [3.63, 3.8) is 0 Å². The molecule has 17 heteroatoms. The van der Waals surface area contributed by atoms with Gasteiger partial charge in [-0.15, -0.1) is 12.4 Å². The van der Waals surface area contributed by atoms with Gasteiger partial charge in [0.05, 0.1) is 43.5 Å². The number of ether oxygens (including phenoxy) is 2. The number of carbonyl (C=O) groups excluding carboxylic acids is 2. The minimum absolute atomic E-state index is 0. The van der Waals surface area contributed by atoms with Crippen molar-refractivity contribution in [2.75, 3.05) is 25.2 Å². The molecule has 0 saturated heterocycles. The second-order valence-electron chi connectivity index (χ2n) is 8.22. The Balaban J connectivity index is 0. The Labute approximate surface area is 282 Å². The molecule has 0 atom stereocenters. The van der Waals surface area contributed by atoms with Crippen LogP contribution in [0, 0.1) is 6.92 Å². The zero-order valence-electron chi connectivity index (χ0n) is 25.0. The Hall–Kier alpha value is -2.73. The second-order valence-corrected chi connectivity index (χ2v) is 10.1. The second kappa shape index (κ2) is 23.6. The van der Waals surface area contributed by atoms with Crippen LogP contribution in [-0.2, 0) is 27.5 Å². The lowest BCUT2D eigenvalue weighted by atomic mass is 10.2. The predicted molar refractivity (Wildman–Crippen MR) is 173 cm³/mol. The number of aliphatic hydroxyl groups is 3. The molecule has 0 radical (unpaired) electrons. The normalized spacial score (nSPS) is 9.98. The molecule has 0 aliphatic rings. The van der Waals surface area contributed by atoms with E-state index in [0.717, 1.165) is 37.1 Å². The van der Waals surface area contributed by atoms with Crippen LogP contribution in [0.4, 0.5) is 18.9 Å². The number of nitrogens with zero attached hydrogens (tertiary/aromatic N) is 2. The third kappa shape index (κ3) is 17.0. The number of halogens is 6. The fourth-order valence-electron chi connectivity index (χ4n) is 3.06. The number of alkyl halides is 3. The number of hydrogen-bond donors (Lipinski definition) is 5. The van der Waals surface area contributed by atoms with E-state index in [1.54, 1.807) is 17.7 Å². The Morgan fingerprint density at radius 1 is 0.956 bits per heavy atom. The number of carbonyl (C=O) groups is 2. The minimum Gasteiger partial charge on any atom is -0.478 e. The Kier molecular flexibility index (Phi) is 23.3. The van der Waals surface area contributed by atoms with Crippen LogP contribution >= 0.6 is 44.3 Å². The van der Waals surface area contributed by atoms with Crippen LogP contribution < -0.4 is 16.0 Å². The molecule has 1 aromatic heterocycles. The lowest BCUT2D eigenvalue weighted by Crippen LogP contribution is -2.26. The molecule has 3 aromatic rings. The minimum atomic E-state index is -4.95. The summed E-state index contributed by atoms with van der Waals surface area (Å²) in [5, 5.41) is 30.3.